The molecule has 1 heterocycles. The molecule has 1 fully saturated rings. The van der Waals surface area contributed by atoms with Crippen LogP contribution in [0, 0.1) is 11.7 Å². The van der Waals surface area contributed by atoms with Crippen molar-refractivity contribution in [3.63, 3.8) is 0 Å². The lowest BCUT2D eigenvalue weighted by molar-refractivity contribution is -0.128. The molecule has 140 valence electrons. The van der Waals surface area contributed by atoms with Crippen molar-refractivity contribution in [2.24, 2.45) is 11.7 Å². The molecule has 1 aromatic carbocycles. The first kappa shape index (κ1) is 19.7. The molecule has 0 spiro atoms. The van der Waals surface area contributed by atoms with E-state index in [2.05, 4.69) is 29.0 Å². The van der Waals surface area contributed by atoms with Crippen LogP contribution in [0.3, 0.4) is 0 Å². The Kier molecular flexibility index (Phi) is 6.41. The maximum Gasteiger partial charge on any atom is 0.237 e. The van der Waals surface area contributed by atoms with E-state index in [-0.39, 0.29) is 29.2 Å². The van der Waals surface area contributed by atoms with Crippen LogP contribution in [-0.2, 0) is 4.79 Å². The summed E-state index contributed by atoms with van der Waals surface area (Å²) in [4.78, 5) is 17.1. The number of piperazine rings is 1. The molecule has 2 unspecified atom stereocenters. The third-order valence-corrected chi connectivity index (χ3v) is 5.54. The molecular weight excluding hydrogens is 319 g/mol. The van der Waals surface area contributed by atoms with E-state index in [1.165, 1.54) is 12.1 Å². The number of anilines is 1. The molecule has 1 amide bonds. The van der Waals surface area contributed by atoms with Gasteiger partial charge in [-0.1, -0.05) is 13.8 Å². The Morgan fingerprint density at radius 3 is 2.24 bits per heavy atom. The Morgan fingerprint density at radius 2 is 1.76 bits per heavy atom. The molecule has 1 aliphatic heterocycles. The number of carbonyl (C=O) groups excluding carboxylic acids is 1. The number of nitrogens with zero attached hydrogens (tertiary/aromatic N) is 2. The molecule has 25 heavy (non-hydrogen) atoms. The number of rotatable bonds is 6. The van der Waals surface area contributed by atoms with Gasteiger partial charge >= 0.3 is 0 Å². The molecule has 1 aromatic rings. The van der Waals surface area contributed by atoms with E-state index >= 15 is 0 Å². The molecular formula is C19H31FN4O. The summed E-state index contributed by atoms with van der Waals surface area (Å²) >= 11 is 0. The fraction of sp³-hybridized carbons (Fsp3) is 0.632. The van der Waals surface area contributed by atoms with Gasteiger partial charge in [-0.25, -0.2) is 4.39 Å². The van der Waals surface area contributed by atoms with E-state index in [1.54, 1.807) is 12.1 Å². The molecule has 2 rings (SSSR count). The van der Waals surface area contributed by atoms with Gasteiger partial charge in [-0.3, -0.25) is 9.69 Å². The first-order chi connectivity index (χ1) is 11.8. The first-order valence-corrected chi connectivity index (χ1v) is 9.03. The average molecular weight is 350 g/mol. The van der Waals surface area contributed by atoms with Crippen molar-refractivity contribution >= 4 is 11.6 Å². The van der Waals surface area contributed by atoms with Gasteiger partial charge in [0.25, 0.3) is 0 Å². The molecule has 0 saturated carbocycles. The number of halogens is 1. The monoisotopic (exact) mass is 350 g/mol. The molecule has 3 N–H and O–H groups in total. The summed E-state index contributed by atoms with van der Waals surface area (Å²) in [6, 6.07) is 6.38. The Labute approximate surface area is 150 Å². The van der Waals surface area contributed by atoms with Crippen molar-refractivity contribution in [2.45, 2.75) is 39.3 Å². The van der Waals surface area contributed by atoms with Crippen molar-refractivity contribution in [1.29, 1.82) is 0 Å². The van der Waals surface area contributed by atoms with E-state index in [1.807, 2.05) is 13.8 Å². The van der Waals surface area contributed by atoms with Crippen molar-refractivity contribution in [2.75, 3.05) is 37.6 Å². The molecule has 2 atom stereocenters. The Bertz CT molecular complexity index is 569. The molecule has 0 radical (unpaired) electrons. The third kappa shape index (κ3) is 4.70. The Balaban J connectivity index is 1.91. The fourth-order valence-electron chi connectivity index (χ4n) is 3.00. The van der Waals surface area contributed by atoms with E-state index in [0.29, 0.717) is 6.54 Å². The summed E-state index contributed by atoms with van der Waals surface area (Å²) in [6.45, 7) is 11.7. The van der Waals surface area contributed by atoms with E-state index in [9.17, 15) is 9.18 Å². The lowest BCUT2D eigenvalue weighted by Gasteiger charge is -2.40. The molecule has 1 aliphatic rings. The number of carbonyl (C=O) groups is 1. The quantitative estimate of drug-likeness (QED) is 0.822. The predicted octanol–water partition coefficient (Wildman–Crippen LogP) is 1.83. The number of hydrogen-bond acceptors (Lipinski definition) is 4. The number of amides is 1. The minimum atomic E-state index is -0.388. The molecule has 0 aromatic heterocycles. The second kappa shape index (κ2) is 8.15. The van der Waals surface area contributed by atoms with Crippen LogP contribution in [0.2, 0.25) is 0 Å². The molecule has 0 bridgehead atoms. The summed E-state index contributed by atoms with van der Waals surface area (Å²) in [7, 11) is 0. The second-order valence-electron chi connectivity index (χ2n) is 7.44. The molecule has 6 heteroatoms. The summed E-state index contributed by atoms with van der Waals surface area (Å²) in [5.41, 5.74) is 6.50. The molecule has 0 aliphatic carbocycles. The van der Waals surface area contributed by atoms with Crippen LogP contribution in [0.25, 0.3) is 0 Å². The van der Waals surface area contributed by atoms with Crippen molar-refractivity contribution < 1.29 is 9.18 Å². The van der Waals surface area contributed by atoms with Crippen molar-refractivity contribution in [1.82, 2.24) is 10.2 Å². The van der Waals surface area contributed by atoms with Crippen LogP contribution in [0.1, 0.15) is 27.7 Å². The minimum Gasteiger partial charge on any atom is -0.369 e. The number of nitrogens with two attached hydrogens (primary N) is 1. The topological polar surface area (TPSA) is 61.6 Å². The van der Waals surface area contributed by atoms with Gasteiger partial charge in [0.05, 0.1) is 11.6 Å². The predicted molar refractivity (Wildman–Crippen MR) is 100 cm³/mol. The van der Waals surface area contributed by atoms with Crippen LogP contribution < -0.4 is 16.0 Å². The van der Waals surface area contributed by atoms with Gasteiger partial charge in [0.1, 0.15) is 5.82 Å². The zero-order chi connectivity index (χ0) is 18.6. The van der Waals surface area contributed by atoms with Gasteiger partial charge in [0.15, 0.2) is 0 Å². The maximum absolute atomic E-state index is 13.1. The molecule has 1 saturated heterocycles. The number of benzene rings is 1. The van der Waals surface area contributed by atoms with E-state index in [4.69, 9.17) is 5.73 Å². The fourth-order valence-corrected chi connectivity index (χ4v) is 3.00. The third-order valence-electron chi connectivity index (χ3n) is 5.54. The van der Waals surface area contributed by atoms with Crippen molar-refractivity contribution in [3.8, 4) is 0 Å². The van der Waals surface area contributed by atoms with Crippen LogP contribution in [-0.4, -0.2) is 55.1 Å². The second-order valence-corrected chi connectivity index (χ2v) is 7.44. The summed E-state index contributed by atoms with van der Waals surface area (Å²) < 4.78 is 13.1. The zero-order valence-corrected chi connectivity index (χ0v) is 15.8. The van der Waals surface area contributed by atoms with Crippen LogP contribution in [0.4, 0.5) is 10.1 Å². The van der Waals surface area contributed by atoms with E-state index < -0.39 is 0 Å². The number of hydrogen-bond donors (Lipinski definition) is 2. The van der Waals surface area contributed by atoms with Gasteiger partial charge in [-0.05, 0) is 44.0 Å². The highest BCUT2D eigenvalue weighted by molar-refractivity contribution is 5.82. The molecule has 5 nitrogen and oxygen atoms in total. The Hall–Kier alpha value is -1.66. The van der Waals surface area contributed by atoms with Crippen LogP contribution in [0.5, 0.6) is 0 Å². The van der Waals surface area contributed by atoms with Gasteiger partial charge in [-0.15, -0.1) is 0 Å². The van der Waals surface area contributed by atoms with Gasteiger partial charge in [-0.2, -0.15) is 0 Å². The van der Waals surface area contributed by atoms with Crippen LogP contribution >= 0.6 is 0 Å². The summed E-state index contributed by atoms with van der Waals surface area (Å²) in [5.74, 6) is 0.0710. The smallest absolute Gasteiger partial charge is 0.237 e. The Morgan fingerprint density at radius 1 is 1.20 bits per heavy atom. The normalized spacial score (nSPS) is 19.6. The van der Waals surface area contributed by atoms with Gasteiger partial charge in [0, 0.05) is 38.4 Å². The zero-order valence-electron chi connectivity index (χ0n) is 15.8. The standard InChI is InChI=1S/C19H31FN4O/c1-14(2)19(4,13-21)22-18(25)15(3)23-9-11-24(12-10-23)17-7-5-16(20)6-8-17/h5-8,14-15H,9-13,21H2,1-4H3,(H,22,25). The highest BCUT2D eigenvalue weighted by Crippen LogP contribution is 2.19. The van der Waals surface area contributed by atoms with Gasteiger partial charge < -0.3 is 16.0 Å². The first-order valence-electron chi connectivity index (χ1n) is 9.03. The highest BCUT2D eigenvalue weighted by Gasteiger charge is 2.32. The SMILES string of the molecule is CC(C(=O)NC(C)(CN)C(C)C)N1CCN(c2ccc(F)cc2)CC1. The van der Waals surface area contributed by atoms with E-state index in [0.717, 1.165) is 31.9 Å². The largest absolute Gasteiger partial charge is 0.369 e. The minimum absolute atomic E-state index is 0.0249. The lowest BCUT2D eigenvalue weighted by Crippen LogP contribution is -2.60. The summed E-state index contributed by atoms with van der Waals surface area (Å²) in [5, 5.41) is 3.13. The van der Waals surface area contributed by atoms with Gasteiger partial charge in [0.2, 0.25) is 5.91 Å². The van der Waals surface area contributed by atoms with Crippen molar-refractivity contribution in [3.05, 3.63) is 30.1 Å². The lowest BCUT2D eigenvalue weighted by atomic mass is 9.88. The maximum atomic E-state index is 13.1. The highest BCUT2D eigenvalue weighted by atomic mass is 19.1. The number of nitrogens with one attached hydrogen (secondary N) is 1. The van der Waals surface area contributed by atoms with Crippen LogP contribution in [0.15, 0.2) is 24.3 Å². The average Bonchev–Trinajstić information content (AvgIpc) is 2.61. The summed E-state index contributed by atoms with van der Waals surface area (Å²) in [6.07, 6.45) is 0.